The molecule has 3 aromatic rings. The van der Waals surface area contributed by atoms with Crippen molar-refractivity contribution in [2.45, 2.75) is 33.4 Å². The molecule has 0 unspecified atom stereocenters. The van der Waals surface area contributed by atoms with Gasteiger partial charge in [0.25, 0.3) is 0 Å². The highest BCUT2D eigenvalue weighted by atomic mass is 16.3. The van der Waals surface area contributed by atoms with Gasteiger partial charge in [0, 0.05) is 11.9 Å². The van der Waals surface area contributed by atoms with Crippen molar-refractivity contribution in [2.24, 2.45) is 5.92 Å². The number of aryl methyl sites for hydroxylation is 1. The Morgan fingerprint density at radius 2 is 1.91 bits per heavy atom. The number of rotatable bonds is 4. The van der Waals surface area contributed by atoms with Gasteiger partial charge in [-0.15, -0.1) is 0 Å². The van der Waals surface area contributed by atoms with Crippen LogP contribution in [0.15, 0.2) is 48.7 Å². The maximum atomic E-state index is 10.7. The average molecular weight is 294 g/mol. The van der Waals surface area contributed by atoms with Crippen LogP contribution in [0.3, 0.4) is 0 Å². The molecule has 0 spiro atoms. The number of hydrogen-bond donors (Lipinski definition) is 1. The minimum Gasteiger partial charge on any atom is -0.384 e. The van der Waals surface area contributed by atoms with E-state index >= 15 is 0 Å². The fourth-order valence-corrected chi connectivity index (χ4v) is 2.84. The van der Waals surface area contributed by atoms with E-state index in [9.17, 15) is 5.11 Å². The molecule has 22 heavy (non-hydrogen) atoms. The number of aliphatic hydroxyl groups is 1. The van der Waals surface area contributed by atoms with Crippen LogP contribution in [0.4, 0.5) is 0 Å². The molecule has 1 heterocycles. The minimum absolute atomic E-state index is 0.556. The predicted molar refractivity (Wildman–Crippen MR) is 89.8 cm³/mol. The van der Waals surface area contributed by atoms with Gasteiger partial charge >= 0.3 is 0 Å². The lowest BCUT2D eigenvalue weighted by molar-refractivity contribution is 0.219. The van der Waals surface area contributed by atoms with E-state index < -0.39 is 6.10 Å². The fourth-order valence-electron chi connectivity index (χ4n) is 2.84. The molecule has 1 aromatic heterocycles. The van der Waals surface area contributed by atoms with Crippen LogP contribution in [0.2, 0.25) is 0 Å². The Labute approximate surface area is 131 Å². The fraction of sp³-hybridized carbons (Fsp3) is 0.316. The van der Waals surface area contributed by atoms with E-state index in [0.717, 1.165) is 34.1 Å². The molecule has 0 saturated carbocycles. The van der Waals surface area contributed by atoms with Crippen LogP contribution in [-0.4, -0.2) is 14.9 Å². The highest BCUT2D eigenvalue weighted by Crippen LogP contribution is 2.27. The van der Waals surface area contributed by atoms with Crippen LogP contribution in [0.5, 0.6) is 0 Å². The lowest BCUT2D eigenvalue weighted by Gasteiger charge is -2.14. The number of nitrogens with zero attached hydrogens (tertiary/aromatic N) is 2. The summed E-state index contributed by atoms with van der Waals surface area (Å²) in [6.45, 7) is 7.30. The second-order valence-corrected chi connectivity index (χ2v) is 6.30. The van der Waals surface area contributed by atoms with Gasteiger partial charge in [-0.2, -0.15) is 5.10 Å². The predicted octanol–water partition coefficient (Wildman–Crippen LogP) is 4.08. The zero-order valence-electron chi connectivity index (χ0n) is 13.3. The molecule has 0 aliphatic rings. The van der Waals surface area contributed by atoms with E-state index in [0.29, 0.717) is 5.92 Å². The molecule has 3 heteroatoms. The summed E-state index contributed by atoms with van der Waals surface area (Å²) in [5, 5.41) is 16.2. The first kappa shape index (κ1) is 14.8. The highest BCUT2D eigenvalue weighted by Gasteiger charge is 2.14. The van der Waals surface area contributed by atoms with Crippen molar-refractivity contribution < 1.29 is 5.11 Å². The maximum Gasteiger partial charge on any atom is 0.104 e. The van der Waals surface area contributed by atoms with Gasteiger partial charge in [-0.05, 0) is 41.7 Å². The lowest BCUT2D eigenvalue weighted by Crippen LogP contribution is -2.06. The Kier molecular flexibility index (Phi) is 3.99. The van der Waals surface area contributed by atoms with Crippen LogP contribution >= 0.6 is 0 Å². The molecule has 0 radical (unpaired) electrons. The first-order valence-electron chi connectivity index (χ1n) is 7.75. The van der Waals surface area contributed by atoms with Crippen molar-refractivity contribution >= 4 is 10.9 Å². The number of fused-ring (bicyclic) bond motifs is 1. The van der Waals surface area contributed by atoms with Gasteiger partial charge in [-0.1, -0.05) is 44.2 Å². The van der Waals surface area contributed by atoms with E-state index in [2.05, 4.69) is 25.0 Å². The molecule has 0 aliphatic carbocycles. The summed E-state index contributed by atoms with van der Waals surface area (Å²) in [6.07, 6.45) is 1.28. The normalized spacial score (nSPS) is 13.0. The second kappa shape index (κ2) is 5.93. The van der Waals surface area contributed by atoms with Crippen molar-refractivity contribution in [1.29, 1.82) is 0 Å². The van der Waals surface area contributed by atoms with Gasteiger partial charge < -0.3 is 5.11 Å². The van der Waals surface area contributed by atoms with Crippen molar-refractivity contribution in [1.82, 2.24) is 9.78 Å². The quantitative estimate of drug-likeness (QED) is 0.787. The highest BCUT2D eigenvalue weighted by molar-refractivity contribution is 5.79. The lowest BCUT2D eigenvalue weighted by atomic mass is 9.97. The summed E-state index contributed by atoms with van der Waals surface area (Å²) in [7, 11) is 0. The summed E-state index contributed by atoms with van der Waals surface area (Å²) in [5.41, 5.74) is 4.09. The number of hydrogen-bond acceptors (Lipinski definition) is 2. The molecule has 1 atom stereocenters. The summed E-state index contributed by atoms with van der Waals surface area (Å²) in [5.74, 6) is 0.556. The van der Waals surface area contributed by atoms with E-state index in [-0.39, 0.29) is 0 Å². The molecule has 0 bridgehead atoms. The van der Waals surface area contributed by atoms with Gasteiger partial charge in [0.1, 0.15) is 6.10 Å². The van der Waals surface area contributed by atoms with Gasteiger partial charge in [-0.3, -0.25) is 4.68 Å². The first-order chi connectivity index (χ1) is 10.6. The average Bonchev–Trinajstić information content (AvgIpc) is 2.89. The molecular weight excluding hydrogens is 272 g/mol. The Morgan fingerprint density at radius 1 is 1.14 bits per heavy atom. The van der Waals surface area contributed by atoms with Gasteiger partial charge in [-0.25, -0.2) is 0 Å². The first-order valence-corrected chi connectivity index (χ1v) is 7.75. The summed E-state index contributed by atoms with van der Waals surface area (Å²) >= 11 is 0. The van der Waals surface area contributed by atoms with Crippen molar-refractivity contribution in [3.8, 4) is 0 Å². The topological polar surface area (TPSA) is 38.1 Å². The molecule has 0 aliphatic heterocycles. The summed E-state index contributed by atoms with van der Waals surface area (Å²) < 4.78 is 2.03. The van der Waals surface area contributed by atoms with Crippen molar-refractivity contribution in [3.05, 3.63) is 65.4 Å². The molecule has 1 N–H and O–H groups in total. The third kappa shape index (κ3) is 2.77. The molecule has 3 nitrogen and oxygen atoms in total. The van der Waals surface area contributed by atoms with E-state index in [1.165, 1.54) is 0 Å². The Bertz CT molecular complexity index is 789. The largest absolute Gasteiger partial charge is 0.384 e. The third-order valence-corrected chi connectivity index (χ3v) is 4.00. The molecule has 0 fully saturated rings. The standard InChI is InChI=1S/C19H22N2O/c1-13(2)12-21-18-9-8-15(10-16(18)11-20-21)19(22)17-7-5-4-6-14(17)3/h4-11,13,19,22H,12H2,1-3H3/t19-/m0/s1. The summed E-state index contributed by atoms with van der Waals surface area (Å²) in [6, 6.07) is 14.1. The molecular formula is C19H22N2O. The van der Waals surface area contributed by atoms with E-state index in [1.807, 2.05) is 54.2 Å². The number of aromatic nitrogens is 2. The molecule has 0 amide bonds. The molecule has 2 aromatic carbocycles. The zero-order chi connectivity index (χ0) is 15.7. The van der Waals surface area contributed by atoms with Crippen LogP contribution in [-0.2, 0) is 6.54 Å². The van der Waals surface area contributed by atoms with Gasteiger partial charge in [0.2, 0.25) is 0 Å². The second-order valence-electron chi connectivity index (χ2n) is 6.30. The third-order valence-electron chi connectivity index (χ3n) is 4.00. The van der Waals surface area contributed by atoms with Crippen molar-refractivity contribution in [3.63, 3.8) is 0 Å². The van der Waals surface area contributed by atoms with Crippen LogP contribution in [0.25, 0.3) is 10.9 Å². The van der Waals surface area contributed by atoms with Crippen molar-refractivity contribution in [2.75, 3.05) is 0 Å². The number of benzene rings is 2. The van der Waals surface area contributed by atoms with Crippen LogP contribution < -0.4 is 0 Å². The van der Waals surface area contributed by atoms with Gasteiger partial charge in [0.15, 0.2) is 0 Å². The summed E-state index contributed by atoms with van der Waals surface area (Å²) in [4.78, 5) is 0. The SMILES string of the molecule is Cc1ccccc1[C@@H](O)c1ccc2c(cnn2CC(C)C)c1. The van der Waals surface area contributed by atoms with E-state index in [4.69, 9.17) is 0 Å². The maximum absolute atomic E-state index is 10.7. The monoisotopic (exact) mass is 294 g/mol. The minimum atomic E-state index is -0.598. The molecule has 114 valence electrons. The van der Waals surface area contributed by atoms with Gasteiger partial charge in [0.05, 0.1) is 11.7 Å². The number of aliphatic hydroxyl groups excluding tert-OH is 1. The van der Waals surface area contributed by atoms with E-state index in [1.54, 1.807) is 0 Å². The van der Waals surface area contributed by atoms with Crippen LogP contribution in [0.1, 0.15) is 36.6 Å². The molecule has 3 rings (SSSR count). The Morgan fingerprint density at radius 3 is 2.64 bits per heavy atom. The Hall–Kier alpha value is -2.13. The smallest absolute Gasteiger partial charge is 0.104 e. The van der Waals surface area contributed by atoms with Crippen LogP contribution in [0, 0.1) is 12.8 Å². The zero-order valence-corrected chi connectivity index (χ0v) is 13.3. The molecule has 0 saturated heterocycles. The Balaban J connectivity index is 1.97.